The van der Waals surface area contributed by atoms with Gasteiger partial charge in [0.15, 0.2) is 0 Å². The highest BCUT2D eigenvalue weighted by Gasteiger charge is 2.19. The zero-order valence-electron chi connectivity index (χ0n) is 15.2. The summed E-state index contributed by atoms with van der Waals surface area (Å²) in [5, 5.41) is 24.1. The summed E-state index contributed by atoms with van der Waals surface area (Å²) in [6, 6.07) is 13.1. The maximum Gasteiger partial charge on any atom is 0.262 e. The molecule has 0 aliphatic heterocycles. The molecule has 0 unspecified atom stereocenters. The Balaban J connectivity index is 2.12. The number of fused-ring (bicyclic) bond motifs is 1. The van der Waals surface area contributed by atoms with Crippen LogP contribution < -0.4 is 14.9 Å². The van der Waals surface area contributed by atoms with Gasteiger partial charge in [0.05, 0.1) is 16.6 Å². The van der Waals surface area contributed by atoms with E-state index in [0.717, 1.165) is 17.3 Å². The highest BCUT2D eigenvalue weighted by molar-refractivity contribution is 8.00. The van der Waals surface area contributed by atoms with E-state index in [1.54, 1.807) is 50.2 Å². The summed E-state index contributed by atoms with van der Waals surface area (Å²) < 4.78 is 28.5. The molecule has 0 heterocycles. The van der Waals surface area contributed by atoms with Crippen molar-refractivity contribution in [2.45, 2.75) is 23.6 Å². The normalized spacial score (nSPS) is 11.5. The minimum absolute atomic E-state index is 0.140. The number of sulfonamides is 1. The van der Waals surface area contributed by atoms with Gasteiger partial charge in [0.2, 0.25) is 0 Å². The average Bonchev–Trinajstić information content (AvgIpc) is 2.64. The molecular formula is C20H17NO5S2-2. The van der Waals surface area contributed by atoms with Crippen molar-refractivity contribution >= 4 is 44.2 Å². The maximum atomic E-state index is 13.0. The third-order valence-electron chi connectivity index (χ3n) is 4.18. The molecule has 6 nitrogen and oxygen atoms in total. The van der Waals surface area contributed by atoms with Gasteiger partial charge in [-0.25, -0.2) is 8.42 Å². The number of hydrogen-bond acceptors (Lipinski definition) is 6. The number of aryl methyl sites for hydroxylation is 2. The third kappa shape index (κ3) is 4.07. The van der Waals surface area contributed by atoms with Crippen LogP contribution in [0.25, 0.3) is 10.8 Å². The molecule has 0 radical (unpaired) electrons. The molecule has 0 atom stereocenters. The van der Waals surface area contributed by atoms with Crippen molar-refractivity contribution in [2.24, 2.45) is 0 Å². The zero-order chi connectivity index (χ0) is 20.5. The Hall–Kier alpha value is -2.71. The number of carbonyl (C=O) groups is 1. The summed E-state index contributed by atoms with van der Waals surface area (Å²) in [7, 11) is -3.91. The van der Waals surface area contributed by atoms with Gasteiger partial charge in [-0.05, 0) is 42.5 Å². The topological polar surface area (TPSA) is 109 Å². The Morgan fingerprint density at radius 2 is 1.75 bits per heavy atom. The van der Waals surface area contributed by atoms with Gasteiger partial charge < -0.3 is 15.0 Å². The number of carboxylic acid groups (broad SMARTS) is 1. The first-order valence-corrected chi connectivity index (χ1v) is 10.8. The van der Waals surface area contributed by atoms with Gasteiger partial charge in [-0.3, -0.25) is 4.72 Å². The molecule has 0 saturated heterocycles. The first-order chi connectivity index (χ1) is 13.2. The molecule has 28 heavy (non-hydrogen) atoms. The van der Waals surface area contributed by atoms with E-state index in [9.17, 15) is 23.4 Å². The summed E-state index contributed by atoms with van der Waals surface area (Å²) in [5.41, 5.74) is 1.61. The van der Waals surface area contributed by atoms with Crippen LogP contribution in [0.15, 0.2) is 58.3 Å². The van der Waals surface area contributed by atoms with Crippen molar-refractivity contribution < 1.29 is 23.4 Å². The summed E-state index contributed by atoms with van der Waals surface area (Å²) in [5.74, 6) is -2.07. The fraction of sp³-hybridized carbons (Fsp3) is 0.150. The highest BCUT2D eigenvalue weighted by atomic mass is 32.2. The van der Waals surface area contributed by atoms with Crippen molar-refractivity contribution in [2.75, 3.05) is 10.5 Å². The van der Waals surface area contributed by atoms with Gasteiger partial charge in [-0.1, -0.05) is 42.1 Å². The summed E-state index contributed by atoms with van der Waals surface area (Å²) in [6.45, 7) is 3.50. The van der Waals surface area contributed by atoms with E-state index in [2.05, 4.69) is 4.72 Å². The van der Waals surface area contributed by atoms with E-state index < -0.39 is 21.7 Å². The monoisotopic (exact) mass is 415 g/mol. The minimum atomic E-state index is -3.91. The Morgan fingerprint density at radius 1 is 1.07 bits per heavy atom. The molecule has 0 aliphatic rings. The molecule has 1 N–H and O–H groups in total. The van der Waals surface area contributed by atoms with Crippen molar-refractivity contribution in [3.05, 3.63) is 59.7 Å². The van der Waals surface area contributed by atoms with Crippen LogP contribution in [0, 0.1) is 13.8 Å². The zero-order valence-corrected chi connectivity index (χ0v) is 16.8. The van der Waals surface area contributed by atoms with Crippen molar-refractivity contribution in [1.82, 2.24) is 0 Å². The Morgan fingerprint density at radius 3 is 2.43 bits per heavy atom. The van der Waals surface area contributed by atoms with Crippen LogP contribution in [-0.2, 0) is 14.8 Å². The number of benzene rings is 3. The number of aliphatic carboxylic acids is 1. The second kappa shape index (κ2) is 7.73. The molecule has 3 rings (SSSR count). The molecule has 3 aromatic rings. The lowest BCUT2D eigenvalue weighted by molar-refractivity contribution is -0.301. The molecular weight excluding hydrogens is 398 g/mol. The van der Waals surface area contributed by atoms with Crippen LogP contribution in [0.4, 0.5) is 5.69 Å². The summed E-state index contributed by atoms with van der Waals surface area (Å²) in [6.07, 6.45) is 0. The molecule has 0 spiro atoms. The first-order valence-electron chi connectivity index (χ1n) is 8.34. The quantitative estimate of drug-likeness (QED) is 0.618. The van der Waals surface area contributed by atoms with Gasteiger partial charge >= 0.3 is 0 Å². The SMILES string of the molecule is Cc1ccc(C)c(S(=O)(=O)Nc2cc(SCC(=O)[O-])c([O-])c3ccccc23)c1. The molecule has 8 heteroatoms. The van der Waals surface area contributed by atoms with Gasteiger partial charge in [0.25, 0.3) is 10.0 Å². The van der Waals surface area contributed by atoms with E-state index in [4.69, 9.17) is 0 Å². The predicted molar refractivity (Wildman–Crippen MR) is 106 cm³/mol. The molecule has 0 fully saturated rings. The molecule has 146 valence electrons. The minimum Gasteiger partial charge on any atom is -0.871 e. The van der Waals surface area contributed by atoms with Crippen LogP contribution >= 0.6 is 11.8 Å². The van der Waals surface area contributed by atoms with Crippen LogP contribution in [0.1, 0.15) is 11.1 Å². The van der Waals surface area contributed by atoms with Gasteiger partial charge in [0, 0.05) is 16.0 Å². The van der Waals surface area contributed by atoms with Crippen molar-refractivity contribution in [1.29, 1.82) is 0 Å². The van der Waals surface area contributed by atoms with Crippen molar-refractivity contribution in [3.8, 4) is 5.75 Å². The number of rotatable bonds is 6. The van der Waals surface area contributed by atoms with Crippen LogP contribution in [0.2, 0.25) is 0 Å². The molecule has 0 aliphatic carbocycles. The highest BCUT2D eigenvalue weighted by Crippen LogP contribution is 2.39. The van der Waals surface area contributed by atoms with Gasteiger partial charge in [-0.15, -0.1) is 11.8 Å². The number of carboxylic acids is 1. The number of thioether (sulfide) groups is 1. The number of hydrogen-bond donors (Lipinski definition) is 1. The van der Waals surface area contributed by atoms with Crippen molar-refractivity contribution in [3.63, 3.8) is 0 Å². The molecule has 0 aromatic heterocycles. The van der Waals surface area contributed by atoms with E-state index in [1.165, 1.54) is 6.07 Å². The summed E-state index contributed by atoms with van der Waals surface area (Å²) in [4.78, 5) is 11.1. The Labute approximate surface area is 167 Å². The van der Waals surface area contributed by atoms with Crippen LogP contribution in [0.5, 0.6) is 5.75 Å². The standard InChI is InChI=1S/C20H19NO5S2/c1-12-7-8-13(2)18(9-12)28(25,26)21-16-10-17(27-11-19(22)23)20(24)15-6-4-3-5-14(15)16/h3-10,21,24H,11H2,1-2H3,(H,22,23)/p-2. The smallest absolute Gasteiger partial charge is 0.262 e. The first kappa shape index (κ1) is 20.0. The largest absolute Gasteiger partial charge is 0.871 e. The van der Waals surface area contributed by atoms with Crippen LogP contribution in [-0.4, -0.2) is 20.1 Å². The van der Waals surface area contributed by atoms with E-state index >= 15 is 0 Å². The fourth-order valence-electron chi connectivity index (χ4n) is 2.85. The van der Waals surface area contributed by atoms with E-state index in [0.29, 0.717) is 16.3 Å². The average molecular weight is 415 g/mol. The number of anilines is 1. The van der Waals surface area contributed by atoms with Gasteiger partial charge in [-0.2, -0.15) is 0 Å². The molecule has 0 bridgehead atoms. The van der Waals surface area contributed by atoms with Crippen LogP contribution in [0.3, 0.4) is 0 Å². The molecule has 0 saturated carbocycles. The fourth-order valence-corrected chi connectivity index (χ4v) is 4.96. The van der Waals surface area contributed by atoms with Gasteiger partial charge in [0.1, 0.15) is 0 Å². The number of carbonyl (C=O) groups excluding carboxylic acids is 1. The Kier molecular flexibility index (Phi) is 5.53. The lowest BCUT2D eigenvalue weighted by atomic mass is 10.1. The second-order valence-electron chi connectivity index (χ2n) is 6.33. The third-order valence-corrected chi connectivity index (χ3v) is 6.69. The molecule has 3 aromatic carbocycles. The lowest BCUT2D eigenvalue weighted by Gasteiger charge is -2.21. The molecule has 0 amide bonds. The predicted octanol–water partition coefficient (Wildman–Crippen LogP) is 2.17. The van der Waals surface area contributed by atoms with E-state index in [-0.39, 0.29) is 21.2 Å². The maximum absolute atomic E-state index is 13.0. The van der Waals surface area contributed by atoms with E-state index in [1.807, 2.05) is 6.07 Å². The lowest BCUT2D eigenvalue weighted by Crippen LogP contribution is -2.24. The second-order valence-corrected chi connectivity index (χ2v) is 9.00. The Bertz CT molecular complexity index is 1170. The number of nitrogens with one attached hydrogen (secondary N) is 1. The summed E-state index contributed by atoms with van der Waals surface area (Å²) >= 11 is 0.802.